The Labute approximate surface area is 227 Å². The molecule has 4 aromatic rings. The fourth-order valence-electron chi connectivity index (χ4n) is 4.97. The van der Waals surface area contributed by atoms with Gasteiger partial charge in [0.05, 0.1) is 28.4 Å². The average molecular weight is 547 g/mol. The standard InChI is InChI=1S/C29H23ClN2O5S/c1-3-36-20-8-4-16(5-9-20)25-24(26(33)17-6-11-22-18(13-17)12-15(2)37-22)27(34)28(35)32(25)29-31-21-10-7-19(30)14-23(21)38-29/h4-11,13-15,25,33H,3,12H2,1-2H3/t15-,25-/m0/s1. The summed E-state index contributed by atoms with van der Waals surface area (Å²) in [4.78, 5) is 33.0. The van der Waals surface area contributed by atoms with Gasteiger partial charge in [-0.2, -0.15) is 0 Å². The molecule has 0 bridgehead atoms. The Morgan fingerprint density at radius 2 is 1.95 bits per heavy atom. The molecule has 3 heterocycles. The second-order valence-corrected chi connectivity index (χ2v) is 10.7. The van der Waals surface area contributed by atoms with Gasteiger partial charge in [-0.05, 0) is 73.5 Å². The van der Waals surface area contributed by atoms with Gasteiger partial charge >= 0.3 is 5.91 Å². The number of ether oxygens (including phenoxy) is 2. The van der Waals surface area contributed by atoms with Crippen LogP contribution in [0.25, 0.3) is 16.0 Å². The van der Waals surface area contributed by atoms with Crippen LogP contribution in [-0.2, 0) is 16.0 Å². The third-order valence-electron chi connectivity index (χ3n) is 6.67. The Morgan fingerprint density at radius 3 is 2.71 bits per heavy atom. The van der Waals surface area contributed by atoms with Crippen LogP contribution in [0.3, 0.4) is 0 Å². The third-order valence-corrected chi connectivity index (χ3v) is 7.92. The number of aromatic nitrogens is 1. The number of amides is 1. The molecule has 0 radical (unpaired) electrons. The van der Waals surface area contributed by atoms with E-state index in [1.807, 2.05) is 19.9 Å². The molecule has 6 rings (SSSR count). The fourth-order valence-corrected chi connectivity index (χ4v) is 6.24. The summed E-state index contributed by atoms with van der Waals surface area (Å²) in [6.45, 7) is 4.37. The number of Topliss-reactive ketones (excluding diaryl/α,β-unsaturated/α-hetero) is 1. The maximum atomic E-state index is 13.5. The van der Waals surface area contributed by atoms with Crippen molar-refractivity contribution in [2.45, 2.75) is 32.4 Å². The summed E-state index contributed by atoms with van der Waals surface area (Å²) in [6.07, 6.45) is 0.728. The molecule has 2 aliphatic rings. The maximum Gasteiger partial charge on any atom is 0.301 e. The van der Waals surface area contributed by atoms with Crippen molar-refractivity contribution in [3.63, 3.8) is 0 Å². The van der Waals surface area contributed by atoms with Gasteiger partial charge in [0.15, 0.2) is 5.13 Å². The van der Waals surface area contributed by atoms with E-state index in [0.29, 0.717) is 45.6 Å². The number of thiazole rings is 1. The van der Waals surface area contributed by atoms with Crippen LogP contribution in [0.15, 0.2) is 66.2 Å². The SMILES string of the molecule is CCOc1ccc([C@H]2C(=C(O)c3ccc4c(c3)C[C@H](C)O4)C(=O)C(=O)N2c2nc3ccc(Cl)cc3s2)cc1. The predicted octanol–water partition coefficient (Wildman–Crippen LogP) is 6.30. The summed E-state index contributed by atoms with van der Waals surface area (Å²) in [5.41, 5.74) is 2.70. The molecule has 1 saturated heterocycles. The molecule has 1 N–H and O–H groups in total. The molecular formula is C29H23ClN2O5S. The molecule has 0 spiro atoms. The number of carbonyl (C=O) groups excluding carboxylic acids is 2. The zero-order valence-corrected chi connectivity index (χ0v) is 22.2. The van der Waals surface area contributed by atoms with Gasteiger partial charge in [-0.3, -0.25) is 14.5 Å². The van der Waals surface area contributed by atoms with Crippen LogP contribution in [0.4, 0.5) is 5.13 Å². The van der Waals surface area contributed by atoms with E-state index in [9.17, 15) is 14.7 Å². The molecule has 9 heteroatoms. The van der Waals surface area contributed by atoms with E-state index in [1.165, 1.54) is 16.2 Å². The van der Waals surface area contributed by atoms with Crippen molar-refractivity contribution in [3.8, 4) is 11.5 Å². The number of halogens is 1. The number of aliphatic hydroxyl groups excluding tert-OH is 1. The molecule has 0 aliphatic carbocycles. The maximum absolute atomic E-state index is 13.5. The second-order valence-electron chi connectivity index (χ2n) is 9.23. The van der Waals surface area contributed by atoms with E-state index in [1.54, 1.807) is 54.6 Å². The summed E-state index contributed by atoms with van der Waals surface area (Å²) in [5.74, 6) is -0.352. The molecule has 192 valence electrons. The van der Waals surface area contributed by atoms with Gasteiger partial charge in [0.2, 0.25) is 0 Å². The monoisotopic (exact) mass is 546 g/mol. The summed E-state index contributed by atoms with van der Waals surface area (Å²) >= 11 is 7.43. The van der Waals surface area contributed by atoms with Gasteiger partial charge in [0.25, 0.3) is 5.78 Å². The molecule has 38 heavy (non-hydrogen) atoms. The summed E-state index contributed by atoms with van der Waals surface area (Å²) < 4.78 is 12.1. The van der Waals surface area contributed by atoms with Crippen LogP contribution in [0.5, 0.6) is 11.5 Å². The molecule has 2 aliphatic heterocycles. The highest BCUT2D eigenvalue weighted by Crippen LogP contribution is 2.45. The molecule has 1 fully saturated rings. The number of aliphatic hydroxyl groups is 1. The van der Waals surface area contributed by atoms with Crippen molar-refractivity contribution in [1.82, 2.24) is 4.98 Å². The number of fused-ring (bicyclic) bond motifs is 2. The normalized spacial score (nSPS) is 20.1. The zero-order chi connectivity index (χ0) is 26.6. The van der Waals surface area contributed by atoms with E-state index < -0.39 is 17.7 Å². The highest BCUT2D eigenvalue weighted by atomic mass is 35.5. The Bertz CT molecular complexity index is 1630. The van der Waals surface area contributed by atoms with E-state index in [0.717, 1.165) is 16.0 Å². The third kappa shape index (κ3) is 4.10. The lowest BCUT2D eigenvalue weighted by Gasteiger charge is -2.23. The quantitative estimate of drug-likeness (QED) is 0.179. The van der Waals surface area contributed by atoms with Gasteiger partial charge in [-0.15, -0.1) is 0 Å². The Kier molecular flexibility index (Phi) is 6.08. The van der Waals surface area contributed by atoms with Gasteiger partial charge in [0.1, 0.15) is 23.4 Å². The topological polar surface area (TPSA) is 89.0 Å². The van der Waals surface area contributed by atoms with Crippen LogP contribution in [0.2, 0.25) is 5.02 Å². The Hall–Kier alpha value is -3.88. The number of nitrogens with zero attached hydrogens (tertiary/aromatic N) is 2. The zero-order valence-electron chi connectivity index (χ0n) is 20.6. The minimum absolute atomic E-state index is 0.00311. The lowest BCUT2D eigenvalue weighted by Crippen LogP contribution is -2.29. The number of benzene rings is 3. The molecular weight excluding hydrogens is 524 g/mol. The van der Waals surface area contributed by atoms with Crippen molar-refractivity contribution < 1.29 is 24.2 Å². The Balaban J connectivity index is 1.51. The largest absolute Gasteiger partial charge is 0.507 e. The Morgan fingerprint density at radius 1 is 1.16 bits per heavy atom. The van der Waals surface area contributed by atoms with Crippen molar-refractivity contribution in [2.24, 2.45) is 0 Å². The van der Waals surface area contributed by atoms with Crippen molar-refractivity contribution in [3.05, 3.63) is 87.9 Å². The van der Waals surface area contributed by atoms with Crippen LogP contribution in [0, 0.1) is 0 Å². The summed E-state index contributed by atoms with van der Waals surface area (Å²) in [7, 11) is 0. The number of carbonyl (C=O) groups is 2. The van der Waals surface area contributed by atoms with Crippen LogP contribution in [-0.4, -0.2) is 34.5 Å². The fraction of sp³-hybridized carbons (Fsp3) is 0.207. The number of anilines is 1. The molecule has 1 aromatic heterocycles. The van der Waals surface area contributed by atoms with Crippen LogP contribution < -0.4 is 14.4 Å². The molecule has 2 atom stereocenters. The first kappa shape index (κ1) is 24.5. The van der Waals surface area contributed by atoms with Gasteiger partial charge in [-0.25, -0.2) is 4.98 Å². The number of ketones is 1. The molecule has 0 unspecified atom stereocenters. The molecule has 7 nitrogen and oxygen atoms in total. The minimum atomic E-state index is -0.884. The predicted molar refractivity (Wildman–Crippen MR) is 147 cm³/mol. The molecule has 0 saturated carbocycles. The first-order valence-electron chi connectivity index (χ1n) is 12.2. The van der Waals surface area contributed by atoms with Crippen molar-refractivity contribution in [2.75, 3.05) is 11.5 Å². The van der Waals surface area contributed by atoms with Crippen molar-refractivity contribution in [1.29, 1.82) is 0 Å². The lowest BCUT2D eigenvalue weighted by molar-refractivity contribution is -0.132. The second kappa shape index (κ2) is 9.45. The average Bonchev–Trinajstić information content (AvgIpc) is 3.56. The highest BCUT2D eigenvalue weighted by molar-refractivity contribution is 7.22. The van der Waals surface area contributed by atoms with Gasteiger partial charge in [0, 0.05) is 17.0 Å². The van der Waals surface area contributed by atoms with E-state index in [4.69, 9.17) is 21.1 Å². The van der Waals surface area contributed by atoms with Gasteiger partial charge in [-0.1, -0.05) is 35.1 Å². The number of hydrogen-bond donors (Lipinski definition) is 1. The highest BCUT2D eigenvalue weighted by Gasteiger charge is 2.48. The van der Waals surface area contributed by atoms with Crippen molar-refractivity contribution >= 4 is 55.7 Å². The van der Waals surface area contributed by atoms with Crippen LogP contribution in [0.1, 0.15) is 36.6 Å². The lowest BCUT2D eigenvalue weighted by atomic mass is 9.94. The van der Waals surface area contributed by atoms with E-state index in [-0.39, 0.29) is 17.4 Å². The number of rotatable bonds is 5. The first-order valence-corrected chi connectivity index (χ1v) is 13.4. The molecule has 1 amide bonds. The van der Waals surface area contributed by atoms with E-state index in [2.05, 4.69) is 4.98 Å². The van der Waals surface area contributed by atoms with Crippen LogP contribution >= 0.6 is 22.9 Å². The summed E-state index contributed by atoms with van der Waals surface area (Å²) in [5, 5.41) is 12.4. The number of hydrogen-bond acceptors (Lipinski definition) is 7. The first-order chi connectivity index (χ1) is 18.3. The smallest absolute Gasteiger partial charge is 0.301 e. The molecule has 3 aromatic carbocycles. The minimum Gasteiger partial charge on any atom is -0.507 e. The summed E-state index contributed by atoms with van der Waals surface area (Å²) in [6, 6.07) is 16.8. The van der Waals surface area contributed by atoms with Gasteiger partial charge < -0.3 is 14.6 Å². The van der Waals surface area contributed by atoms with E-state index >= 15 is 0 Å².